The molecule has 0 unspecified atom stereocenters. The standard InChI is InChI=1S/C22H17ClN2O2/c23-20-12-5-4-7-16(20)13-14-21(26)24-18-10-6-11-19(15-18)25-22(27)17-8-2-1-3-9-17/h1-15H,(H,24,26)(H,25,27)/b14-13+. The molecule has 0 bridgehead atoms. The fraction of sp³-hybridized carbons (Fsp3) is 0. The molecule has 0 saturated heterocycles. The van der Waals surface area contributed by atoms with Gasteiger partial charge in [0.1, 0.15) is 0 Å². The van der Waals surface area contributed by atoms with Crippen molar-refractivity contribution in [2.24, 2.45) is 0 Å². The van der Waals surface area contributed by atoms with Crippen molar-refractivity contribution in [2.75, 3.05) is 10.6 Å². The van der Waals surface area contributed by atoms with Gasteiger partial charge < -0.3 is 10.6 Å². The third kappa shape index (κ3) is 5.30. The van der Waals surface area contributed by atoms with Crippen LogP contribution >= 0.6 is 11.6 Å². The average molecular weight is 377 g/mol. The molecule has 0 radical (unpaired) electrons. The smallest absolute Gasteiger partial charge is 0.255 e. The summed E-state index contributed by atoms with van der Waals surface area (Å²) < 4.78 is 0. The number of carbonyl (C=O) groups excluding carboxylic acids is 2. The van der Waals surface area contributed by atoms with E-state index in [1.54, 1.807) is 60.7 Å². The molecule has 3 rings (SSSR count). The Morgan fingerprint density at radius 1 is 0.778 bits per heavy atom. The van der Waals surface area contributed by atoms with Crippen molar-refractivity contribution in [3.63, 3.8) is 0 Å². The summed E-state index contributed by atoms with van der Waals surface area (Å²) in [7, 11) is 0. The van der Waals surface area contributed by atoms with Crippen LogP contribution in [0.4, 0.5) is 11.4 Å². The molecular weight excluding hydrogens is 360 g/mol. The molecule has 5 heteroatoms. The van der Waals surface area contributed by atoms with Crippen LogP contribution in [0.25, 0.3) is 6.08 Å². The van der Waals surface area contributed by atoms with Gasteiger partial charge in [0.25, 0.3) is 5.91 Å². The molecule has 0 aliphatic rings. The zero-order valence-corrected chi connectivity index (χ0v) is 15.1. The molecule has 2 amide bonds. The monoisotopic (exact) mass is 376 g/mol. The van der Waals surface area contributed by atoms with Gasteiger partial charge in [0.2, 0.25) is 5.91 Å². The van der Waals surface area contributed by atoms with Crippen LogP contribution in [0, 0.1) is 0 Å². The van der Waals surface area contributed by atoms with Crippen molar-refractivity contribution in [3.8, 4) is 0 Å². The topological polar surface area (TPSA) is 58.2 Å². The first-order valence-electron chi connectivity index (χ1n) is 8.32. The maximum atomic E-state index is 12.2. The van der Waals surface area contributed by atoms with Crippen LogP contribution in [0.5, 0.6) is 0 Å². The van der Waals surface area contributed by atoms with Gasteiger partial charge in [-0.15, -0.1) is 0 Å². The first-order chi connectivity index (χ1) is 13.1. The van der Waals surface area contributed by atoms with Gasteiger partial charge in [0.05, 0.1) is 0 Å². The maximum Gasteiger partial charge on any atom is 0.255 e. The van der Waals surface area contributed by atoms with Crippen LogP contribution in [0.15, 0.2) is 84.9 Å². The van der Waals surface area contributed by atoms with Gasteiger partial charge in [-0.25, -0.2) is 0 Å². The lowest BCUT2D eigenvalue weighted by atomic mass is 10.2. The predicted molar refractivity (Wildman–Crippen MR) is 110 cm³/mol. The zero-order valence-electron chi connectivity index (χ0n) is 14.4. The van der Waals surface area contributed by atoms with Gasteiger partial charge in [-0.1, -0.05) is 54.1 Å². The van der Waals surface area contributed by atoms with E-state index in [0.29, 0.717) is 22.0 Å². The van der Waals surface area contributed by atoms with E-state index in [4.69, 9.17) is 11.6 Å². The molecule has 0 aliphatic heterocycles. The van der Waals surface area contributed by atoms with Gasteiger partial charge in [-0.3, -0.25) is 9.59 Å². The average Bonchev–Trinajstić information content (AvgIpc) is 2.68. The Labute approximate surface area is 162 Å². The van der Waals surface area contributed by atoms with E-state index in [2.05, 4.69) is 10.6 Å². The molecule has 4 nitrogen and oxygen atoms in total. The van der Waals surface area contributed by atoms with Crippen LogP contribution < -0.4 is 10.6 Å². The molecule has 0 aromatic heterocycles. The third-order valence-corrected chi connectivity index (χ3v) is 4.09. The molecule has 0 aliphatic carbocycles. The minimum absolute atomic E-state index is 0.210. The molecular formula is C22H17ClN2O2. The predicted octanol–water partition coefficient (Wildman–Crippen LogP) is 5.24. The summed E-state index contributed by atoms with van der Waals surface area (Å²) in [5.74, 6) is -0.501. The molecule has 27 heavy (non-hydrogen) atoms. The Morgan fingerprint density at radius 2 is 1.44 bits per heavy atom. The first-order valence-corrected chi connectivity index (χ1v) is 8.70. The van der Waals surface area contributed by atoms with E-state index in [1.807, 2.05) is 24.3 Å². The van der Waals surface area contributed by atoms with Gasteiger partial charge in [0.15, 0.2) is 0 Å². The summed E-state index contributed by atoms with van der Waals surface area (Å²) in [6, 6.07) is 23.2. The van der Waals surface area contributed by atoms with Gasteiger partial charge in [-0.2, -0.15) is 0 Å². The molecule has 0 saturated carbocycles. The van der Waals surface area contributed by atoms with Crippen LogP contribution in [0.2, 0.25) is 5.02 Å². The fourth-order valence-corrected chi connectivity index (χ4v) is 2.63. The molecule has 3 aromatic rings. The van der Waals surface area contributed by atoms with Crippen molar-refractivity contribution in [3.05, 3.63) is 101 Å². The minimum atomic E-state index is -0.290. The number of halogens is 1. The number of nitrogens with one attached hydrogen (secondary N) is 2. The van der Waals surface area contributed by atoms with Crippen molar-refractivity contribution < 1.29 is 9.59 Å². The number of carbonyl (C=O) groups is 2. The highest BCUT2D eigenvalue weighted by Gasteiger charge is 2.06. The Hall–Kier alpha value is -3.37. The number of anilines is 2. The summed E-state index contributed by atoms with van der Waals surface area (Å²) >= 11 is 6.06. The lowest BCUT2D eigenvalue weighted by Crippen LogP contribution is -2.12. The Balaban J connectivity index is 1.64. The largest absolute Gasteiger partial charge is 0.322 e. The Morgan fingerprint density at radius 3 is 2.19 bits per heavy atom. The lowest BCUT2D eigenvalue weighted by molar-refractivity contribution is -0.111. The van der Waals surface area contributed by atoms with Crippen LogP contribution in [-0.2, 0) is 4.79 Å². The number of hydrogen-bond acceptors (Lipinski definition) is 2. The van der Waals surface area contributed by atoms with E-state index in [-0.39, 0.29) is 11.8 Å². The normalized spacial score (nSPS) is 10.6. The van der Waals surface area contributed by atoms with E-state index < -0.39 is 0 Å². The van der Waals surface area contributed by atoms with Crippen LogP contribution in [0.1, 0.15) is 15.9 Å². The minimum Gasteiger partial charge on any atom is -0.322 e. The van der Waals surface area contributed by atoms with Gasteiger partial charge in [-0.05, 0) is 48.0 Å². The van der Waals surface area contributed by atoms with Crippen molar-refractivity contribution >= 4 is 40.9 Å². The van der Waals surface area contributed by atoms with Gasteiger partial charge in [0, 0.05) is 28.0 Å². The summed E-state index contributed by atoms with van der Waals surface area (Å²) in [6.45, 7) is 0. The lowest BCUT2D eigenvalue weighted by Gasteiger charge is -2.08. The highest BCUT2D eigenvalue weighted by Crippen LogP contribution is 2.18. The van der Waals surface area contributed by atoms with E-state index in [0.717, 1.165) is 5.56 Å². The highest BCUT2D eigenvalue weighted by atomic mass is 35.5. The van der Waals surface area contributed by atoms with Crippen molar-refractivity contribution in [1.29, 1.82) is 0 Å². The highest BCUT2D eigenvalue weighted by molar-refractivity contribution is 6.32. The molecule has 3 aromatic carbocycles. The first kappa shape index (κ1) is 18.4. The number of amides is 2. The SMILES string of the molecule is O=C(/C=C/c1ccccc1Cl)Nc1cccc(NC(=O)c2ccccc2)c1. The quantitative estimate of drug-likeness (QED) is 0.598. The molecule has 0 fully saturated rings. The maximum absolute atomic E-state index is 12.2. The van der Waals surface area contributed by atoms with Crippen molar-refractivity contribution in [1.82, 2.24) is 0 Å². The van der Waals surface area contributed by atoms with E-state index >= 15 is 0 Å². The molecule has 0 spiro atoms. The third-order valence-electron chi connectivity index (χ3n) is 3.74. The second-order valence-corrected chi connectivity index (χ2v) is 6.15. The summed E-state index contributed by atoms with van der Waals surface area (Å²) in [5, 5.41) is 6.15. The fourth-order valence-electron chi connectivity index (χ4n) is 2.43. The van der Waals surface area contributed by atoms with E-state index in [9.17, 15) is 9.59 Å². The number of hydrogen-bond donors (Lipinski definition) is 2. The summed E-state index contributed by atoms with van der Waals surface area (Å²) in [6.07, 6.45) is 3.06. The molecule has 0 heterocycles. The molecule has 0 atom stereocenters. The van der Waals surface area contributed by atoms with Crippen molar-refractivity contribution in [2.45, 2.75) is 0 Å². The summed E-state index contributed by atoms with van der Waals surface area (Å²) in [4.78, 5) is 24.3. The van der Waals surface area contributed by atoms with Crippen LogP contribution in [0.3, 0.4) is 0 Å². The summed E-state index contributed by atoms with van der Waals surface area (Å²) in [5.41, 5.74) is 2.50. The zero-order chi connectivity index (χ0) is 19.1. The molecule has 134 valence electrons. The van der Waals surface area contributed by atoms with E-state index in [1.165, 1.54) is 6.08 Å². The second kappa shape index (κ2) is 8.83. The Bertz CT molecular complexity index is 984. The van der Waals surface area contributed by atoms with Crippen LogP contribution in [-0.4, -0.2) is 11.8 Å². The second-order valence-electron chi connectivity index (χ2n) is 5.75. The Kier molecular flexibility index (Phi) is 6.02. The number of benzene rings is 3. The number of rotatable bonds is 5. The molecule has 2 N–H and O–H groups in total. The van der Waals surface area contributed by atoms with Gasteiger partial charge >= 0.3 is 0 Å².